The molecule has 7 heteroatoms. The molecule has 0 radical (unpaired) electrons. The van der Waals surface area contributed by atoms with Crippen molar-refractivity contribution in [3.8, 4) is 5.75 Å². The average Bonchev–Trinajstić information content (AvgIpc) is 3.17. The summed E-state index contributed by atoms with van der Waals surface area (Å²) >= 11 is 1.54. The van der Waals surface area contributed by atoms with E-state index in [4.69, 9.17) is 9.47 Å². The van der Waals surface area contributed by atoms with E-state index in [2.05, 4.69) is 4.98 Å². The van der Waals surface area contributed by atoms with Gasteiger partial charge in [0.05, 0.1) is 10.7 Å². The molecule has 3 aromatic rings. The fourth-order valence-electron chi connectivity index (χ4n) is 2.71. The van der Waals surface area contributed by atoms with E-state index in [0.717, 1.165) is 16.4 Å². The minimum Gasteiger partial charge on any atom is -0.486 e. The second-order valence-electron chi connectivity index (χ2n) is 6.42. The van der Waals surface area contributed by atoms with Crippen LogP contribution in [0.1, 0.15) is 28.0 Å². The molecule has 29 heavy (non-hydrogen) atoms. The van der Waals surface area contributed by atoms with Crippen LogP contribution in [0.5, 0.6) is 5.75 Å². The van der Waals surface area contributed by atoms with Crippen molar-refractivity contribution in [2.75, 3.05) is 11.9 Å². The highest BCUT2D eigenvalue weighted by molar-refractivity contribution is 7.09. The Labute approximate surface area is 173 Å². The Morgan fingerprint density at radius 3 is 2.48 bits per heavy atom. The zero-order chi connectivity index (χ0) is 20.8. The van der Waals surface area contributed by atoms with Crippen LogP contribution in [0, 0.1) is 6.92 Å². The van der Waals surface area contributed by atoms with Gasteiger partial charge in [0.15, 0.2) is 6.10 Å². The molecule has 1 amide bonds. The maximum absolute atomic E-state index is 12.7. The van der Waals surface area contributed by atoms with Crippen LogP contribution in [0.25, 0.3) is 0 Å². The fourth-order valence-corrected chi connectivity index (χ4v) is 3.31. The third kappa shape index (κ3) is 5.20. The van der Waals surface area contributed by atoms with E-state index in [1.54, 1.807) is 38.2 Å². The Bertz CT molecular complexity index is 987. The smallest absolute Gasteiger partial charge is 0.342 e. The summed E-state index contributed by atoms with van der Waals surface area (Å²) in [6.45, 7) is 3.73. The summed E-state index contributed by atoms with van der Waals surface area (Å²) in [5, 5.41) is 2.86. The Hall–Kier alpha value is -3.19. The van der Waals surface area contributed by atoms with Crippen molar-refractivity contribution in [3.05, 3.63) is 76.2 Å². The quantitative estimate of drug-likeness (QED) is 0.545. The maximum atomic E-state index is 12.7. The first-order valence-electron chi connectivity index (χ1n) is 9.12. The lowest BCUT2D eigenvalue weighted by Gasteiger charge is -2.22. The van der Waals surface area contributed by atoms with Crippen LogP contribution >= 0.6 is 11.3 Å². The molecule has 0 aliphatic heterocycles. The van der Waals surface area contributed by atoms with Crippen LogP contribution < -0.4 is 9.64 Å². The molecule has 0 fully saturated rings. The number of aromatic nitrogens is 1. The van der Waals surface area contributed by atoms with Gasteiger partial charge in [0.25, 0.3) is 5.91 Å². The number of esters is 1. The first-order valence-corrected chi connectivity index (χ1v) is 10.00. The van der Waals surface area contributed by atoms with E-state index in [1.807, 2.05) is 42.6 Å². The normalized spacial score (nSPS) is 11.6. The molecule has 0 unspecified atom stereocenters. The van der Waals surface area contributed by atoms with E-state index in [1.165, 1.54) is 16.2 Å². The third-order valence-corrected chi connectivity index (χ3v) is 5.08. The Balaban J connectivity index is 1.66. The van der Waals surface area contributed by atoms with Crippen LogP contribution in [0.15, 0.2) is 60.0 Å². The molecule has 0 N–H and O–H groups in total. The van der Waals surface area contributed by atoms with Crippen molar-refractivity contribution in [2.24, 2.45) is 0 Å². The van der Waals surface area contributed by atoms with Gasteiger partial charge in [0, 0.05) is 18.1 Å². The van der Waals surface area contributed by atoms with Crippen molar-refractivity contribution in [2.45, 2.75) is 26.6 Å². The molecule has 6 nitrogen and oxygen atoms in total. The predicted molar refractivity (Wildman–Crippen MR) is 112 cm³/mol. The molecule has 0 aliphatic rings. The van der Waals surface area contributed by atoms with Gasteiger partial charge in [-0.2, -0.15) is 0 Å². The first kappa shape index (κ1) is 20.5. The van der Waals surface area contributed by atoms with Gasteiger partial charge in [0.2, 0.25) is 0 Å². The van der Waals surface area contributed by atoms with E-state index >= 15 is 0 Å². The summed E-state index contributed by atoms with van der Waals surface area (Å²) in [6, 6.07) is 16.0. The number of likely N-dealkylation sites (N-methyl/N-ethyl adjacent to an activating group) is 1. The second kappa shape index (κ2) is 9.34. The number of carbonyl (C=O) groups excluding carboxylic acids is 2. The molecular weight excluding hydrogens is 388 g/mol. The van der Waals surface area contributed by atoms with E-state index in [-0.39, 0.29) is 18.1 Å². The molecule has 0 spiro atoms. The van der Waals surface area contributed by atoms with Crippen LogP contribution in [-0.4, -0.2) is 30.0 Å². The number of nitrogens with zero attached hydrogens (tertiary/aromatic N) is 2. The zero-order valence-electron chi connectivity index (χ0n) is 16.5. The standard InChI is InChI=1S/C22H22N2O4S/c1-15(21(25)24(3)18-9-5-4-6-10-18)28-22(26)19-11-7-8-12-20(19)27-13-17-14-29-16(2)23-17/h4-12,14-15H,13H2,1-3H3/t15-/m1/s1. The number of rotatable bonds is 7. The molecule has 0 saturated carbocycles. The minimum atomic E-state index is -0.943. The summed E-state index contributed by atoms with van der Waals surface area (Å²) in [5.41, 5.74) is 1.79. The molecular formula is C22H22N2O4S. The summed E-state index contributed by atoms with van der Waals surface area (Å²) in [6.07, 6.45) is -0.943. The van der Waals surface area contributed by atoms with Crippen molar-refractivity contribution in [1.29, 1.82) is 0 Å². The highest BCUT2D eigenvalue weighted by atomic mass is 32.1. The Kier molecular flexibility index (Phi) is 6.61. The summed E-state index contributed by atoms with van der Waals surface area (Å²) in [7, 11) is 1.65. The van der Waals surface area contributed by atoms with E-state index in [9.17, 15) is 9.59 Å². The molecule has 1 aromatic heterocycles. The number of aryl methyl sites for hydroxylation is 1. The van der Waals surface area contributed by atoms with Crippen LogP contribution in [-0.2, 0) is 16.1 Å². The van der Waals surface area contributed by atoms with Crippen LogP contribution in [0.3, 0.4) is 0 Å². The number of ether oxygens (including phenoxy) is 2. The fraction of sp³-hybridized carbons (Fsp3) is 0.227. The number of para-hydroxylation sites is 2. The predicted octanol–water partition coefficient (Wildman–Crippen LogP) is 4.24. The first-order chi connectivity index (χ1) is 14.0. The molecule has 0 aliphatic carbocycles. The Morgan fingerprint density at radius 1 is 1.10 bits per heavy atom. The lowest BCUT2D eigenvalue weighted by Crippen LogP contribution is -2.37. The van der Waals surface area contributed by atoms with Gasteiger partial charge in [0.1, 0.15) is 17.9 Å². The highest BCUT2D eigenvalue weighted by Crippen LogP contribution is 2.22. The summed E-state index contributed by atoms with van der Waals surface area (Å²) in [5.74, 6) is -0.544. The number of hydrogen-bond acceptors (Lipinski definition) is 6. The van der Waals surface area contributed by atoms with Crippen molar-refractivity contribution < 1.29 is 19.1 Å². The number of amides is 1. The molecule has 3 rings (SSSR count). The summed E-state index contributed by atoms with van der Waals surface area (Å²) < 4.78 is 11.2. The highest BCUT2D eigenvalue weighted by Gasteiger charge is 2.24. The lowest BCUT2D eigenvalue weighted by atomic mass is 10.2. The SMILES string of the molecule is Cc1nc(COc2ccccc2C(=O)O[C@H](C)C(=O)N(C)c2ccccc2)cs1. The number of thiazole rings is 1. The topological polar surface area (TPSA) is 68.7 Å². The van der Waals surface area contributed by atoms with Gasteiger partial charge in [-0.1, -0.05) is 30.3 Å². The van der Waals surface area contributed by atoms with Gasteiger partial charge < -0.3 is 14.4 Å². The molecule has 1 heterocycles. The average molecular weight is 410 g/mol. The number of carbonyl (C=O) groups is 2. The number of anilines is 1. The Morgan fingerprint density at radius 2 is 1.79 bits per heavy atom. The van der Waals surface area contributed by atoms with Gasteiger partial charge in [-0.05, 0) is 38.1 Å². The van der Waals surface area contributed by atoms with Gasteiger partial charge in [-0.15, -0.1) is 11.3 Å². The van der Waals surface area contributed by atoms with Gasteiger partial charge >= 0.3 is 5.97 Å². The zero-order valence-corrected chi connectivity index (χ0v) is 17.3. The minimum absolute atomic E-state index is 0.250. The van der Waals surface area contributed by atoms with Crippen molar-refractivity contribution in [1.82, 2.24) is 4.98 Å². The van der Waals surface area contributed by atoms with Crippen molar-refractivity contribution in [3.63, 3.8) is 0 Å². The number of benzene rings is 2. The van der Waals surface area contributed by atoms with E-state index in [0.29, 0.717) is 5.75 Å². The summed E-state index contributed by atoms with van der Waals surface area (Å²) in [4.78, 5) is 31.1. The molecule has 0 saturated heterocycles. The van der Waals surface area contributed by atoms with Gasteiger partial charge in [-0.25, -0.2) is 9.78 Å². The molecule has 150 valence electrons. The third-order valence-electron chi connectivity index (χ3n) is 4.25. The maximum Gasteiger partial charge on any atom is 0.342 e. The van der Waals surface area contributed by atoms with Crippen molar-refractivity contribution >= 4 is 28.9 Å². The molecule has 0 bridgehead atoms. The van der Waals surface area contributed by atoms with Crippen LogP contribution in [0.2, 0.25) is 0 Å². The van der Waals surface area contributed by atoms with Crippen LogP contribution in [0.4, 0.5) is 5.69 Å². The van der Waals surface area contributed by atoms with Gasteiger partial charge in [-0.3, -0.25) is 4.79 Å². The monoisotopic (exact) mass is 410 g/mol. The molecule has 1 atom stereocenters. The number of hydrogen-bond donors (Lipinski definition) is 0. The largest absolute Gasteiger partial charge is 0.486 e. The second-order valence-corrected chi connectivity index (χ2v) is 7.49. The molecule has 2 aromatic carbocycles. The van der Waals surface area contributed by atoms with E-state index < -0.39 is 12.1 Å². The lowest BCUT2D eigenvalue weighted by molar-refractivity contribution is -0.126.